The Balaban J connectivity index is 2.15. The molecule has 7 heteroatoms. The predicted octanol–water partition coefficient (Wildman–Crippen LogP) is 3.57. The highest BCUT2D eigenvalue weighted by molar-refractivity contribution is 6.42. The van der Waals surface area contributed by atoms with Crippen molar-refractivity contribution in [3.63, 3.8) is 0 Å². The zero-order chi connectivity index (χ0) is 16.4. The van der Waals surface area contributed by atoms with Crippen molar-refractivity contribution in [1.29, 1.82) is 0 Å². The van der Waals surface area contributed by atoms with Crippen molar-refractivity contribution in [1.82, 2.24) is 4.57 Å². The molecule has 0 atom stereocenters. The SMILES string of the molecule is CC(=O)N(C)c1ccc(NC(=O)c2cc(Cl)c(Cl)n2C)cc1. The zero-order valence-corrected chi connectivity index (χ0v) is 13.9. The summed E-state index contributed by atoms with van der Waals surface area (Å²) in [5, 5.41) is 3.39. The lowest BCUT2D eigenvalue weighted by Gasteiger charge is -2.15. The lowest BCUT2D eigenvalue weighted by Crippen LogP contribution is -2.22. The second-order valence-corrected chi connectivity index (χ2v) is 5.57. The molecule has 2 aromatic rings. The van der Waals surface area contributed by atoms with Gasteiger partial charge in [0.25, 0.3) is 5.91 Å². The van der Waals surface area contributed by atoms with Gasteiger partial charge in [0.1, 0.15) is 10.8 Å². The topological polar surface area (TPSA) is 54.3 Å². The number of nitrogens with one attached hydrogen (secondary N) is 1. The van der Waals surface area contributed by atoms with Gasteiger partial charge in [-0.1, -0.05) is 23.2 Å². The van der Waals surface area contributed by atoms with E-state index in [2.05, 4.69) is 5.32 Å². The smallest absolute Gasteiger partial charge is 0.272 e. The first-order valence-electron chi connectivity index (χ1n) is 6.47. The lowest BCUT2D eigenvalue weighted by atomic mass is 10.2. The summed E-state index contributed by atoms with van der Waals surface area (Å²) in [4.78, 5) is 25.0. The minimum absolute atomic E-state index is 0.0649. The van der Waals surface area contributed by atoms with Crippen LogP contribution in [0.25, 0.3) is 0 Å². The Kier molecular flexibility index (Phi) is 4.78. The maximum absolute atomic E-state index is 12.2. The molecule has 1 N–H and O–H groups in total. The monoisotopic (exact) mass is 339 g/mol. The molecule has 0 spiro atoms. The van der Waals surface area contributed by atoms with Crippen molar-refractivity contribution in [2.75, 3.05) is 17.3 Å². The number of nitrogens with zero attached hydrogens (tertiary/aromatic N) is 2. The third kappa shape index (κ3) is 3.26. The van der Waals surface area contributed by atoms with Gasteiger partial charge in [-0.05, 0) is 30.3 Å². The van der Waals surface area contributed by atoms with Gasteiger partial charge in [-0.3, -0.25) is 9.59 Å². The van der Waals surface area contributed by atoms with Crippen molar-refractivity contribution in [3.8, 4) is 0 Å². The van der Waals surface area contributed by atoms with Crippen LogP contribution in [0.3, 0.4) is 0 Å². The number of anilines is 2. The molecule has 0 aliphatic heterocycles. The van der Waals surface area contributed by atoms with E-state index in [1.807, 2.05) is 0 Å². The third-order valence-corrected chi connectivity index (χ3v) is 4.18. The fourth-order valence-corrected chi connectivity index (χ4v) is 2.28. The summed E-state index contributed by atoms with van der Waals surface area (Å²) < 4.78 is 1.51. The van der Waals surface area contributed by atoms with E-state index in [0.717, 1.165) is 5.69 Å². The molecule has 0 unspecified atom stereocenters. The van der Waals surface area contributed by atoms with Crippen LogP contribution >= 0.6 is 23.2 Å². The van der Waals surface area contributed by atoms with Crippen LogP contribution in [-0.2, 0) is 11.8 Å². The maximum atomic E-state index is 12.2. The van der Waals surface area contributed by atoms with Gasteiger partial charge in [-0.2, -0.15) is 0 Å². The summed E-state index contributed by atoms with van der Waals surface area (Å²) in [6.45, 7) is 1.48. The summed E-state index contributed by atoms with van der Waals surface area (Å²) in [5.74, 6) is -0.381. The molecule has 5 nitrogen and oxygen atoms in total. The summed E-state index contributed by atoms with van der Waals surface area (Å²) in [6, 6.07) is 8.46. The van der Waals surface area contributed by atoms with E-state index in [0.29, 0.717) is 21.6 Å². The molecule has 22 heavy (non-hydrogen) atoms. The summed E-state index contributed by atoms with van der Waals surface area (Å²) in [7, 11) is 3.35. The molecule has 0 saturated heterocycles. The van der Waals surface area contributed by atoms with Crippen LogP contribution < -0.4 is 10.2 Å². The molecule has 0 bridgehead atoms. The number of hydrogen-bond acceptors (Lipinski definition) is 2. The Bertz CT molecular complexity index is 723. The van der Waals surface area contributed by atoms with Crippen molar-refractivity contribution in [2.45, 2.75) is 6.92 Å². The van der Waals surface area contributed by atoms with Crippen molar-refractivity contribution >= 4 is 46.4 Å². The number of aromatic nitrogens is 1. The Morgan fingerprint density at radius 2 is 1.77 bits per heavy atom. The number of carbonyl (C=O) groups excluding carboxylic acids is 2. The highest BCUT2D eigenvalue weighted by Gasteiger charge is 2.16. The molecule has 2 rings (SSSR count). The zero-order valence-electron chi connectivity index (χ0n) is 12.4. The van der Waals surface area contributed by atoms with E-state index < -0.39 is 0 Å². The van der Waals surface area contributed by atoms with E-state index in [4.69, 9.17) is 23.2 Å². The summed E-state index contributed by atoms with van der Waals surface area (Å²) >= 11 is 11.8. The van der Waals surface area contributed by atoms with E-state index in [1.54, 1.807) is 38.4 Å². The Morgan fingerprint density at radius 1 is 1.18 bits per heavy atom. The minimum Gasteiger partial charge on any atom is -0.329 e. The predicted molar refractivity (Wildman–Crippen MR) is 88.9 cm³/mol. The molecule has 0 aliphatic rings. The van der Waals surface area contributed by atoms with Gasteiger partial charge in [-0.15, -0.1) is 0 Å². The van der Waals surface area contributed by atoms with Gasteiger partial charge in [0.2, 0.25) is 5.91 Å². The van der Waals surface area contributed by atoms with Gasteiger partial charge in [-0.25, -0.2) is 0 Å². The Labute approximate surface area is 138 Å². The molecule has 2 amide bonds. The summed E-state index contributed by atoms with van der Waals surface area (Å²) in [5.41, 5.74) is 1.72. The van der Waals surface area contributed by atoms with Crippen molar-refractivity contribution in [3.05, 3.63) is 46.2 Å². The molecule has 0 radical (unpaired) electrons. The molecule has 0 fully saturated rings. The first kappa shape index (κ1) is 16.4. The van der Waals surface area contributed by atoms with Crippen molar-refractivity contribution in [2.24, 2.45) is 7.05 Å². The van der Waals surface area contributed by atoms with Crippen LogP contribution in [0, 0.1) is 0 Å². The Hall–Kier alpha value is -1.98. The second kappa shape index (κ2) is 6.42. The highest BCUT2D eigenvalue weighted by Crippen LogP contribution is 2.26. The quantitative estimate of drug-likeness (QED) is 0.929. The number of carbonyl (C=O) groups is 2. The first-order chi connectivity index (χ1) is 10.3. The van der Waals surface area contributed by atoms with Crippen LogP contribution in [0.2, 0.25) is 10.2 Å². The lowest BCUT2D eigenvalue weighted by molar-refractivity contribution is -0.116. The summed E-state index contributed by atoms with van der Waals surface area (Å²) in [6.07, 6.45) is 0. The number of benzene rings is 1. The number of halogens is 2. The minimum atomic E-state index is -0.316. The average Bonchev–Trinajstić information content (AvgIpc) is 2.75. The van der Waals surface area contributed by atoms with E-state index >= 15 is 0 Å². The molecule has 0 aliphatic carbocycles. The van der Waals surface area contributed by atoms with Crippen LogP contribution in [0.15, 0.2) is 30.3 Å². The van der Waals surface area contributed by atoms with E-state index in [9.17, 15) is 9.59 Å². The second-order valence-electron chi connectivity index (χ2n) is 4.81. The standard InChI is InChI=1S/C15H15Cl2N3O2/c1-9(21)19(2)11-6-4-10(5-7-11)18-15(22)13-8-12(16)14(17)20(13)3/h4-8H,1-3H3,(H,18,22). The average molecular weight is 340 g/mol. The molecule has 1 heterocycles. The fraction of sp³-hybridized carbons (Fsp3) is 0.200. The number of amides is 2. The van der Waals surface area contributed by atoms with Crippen LogP contribution in [-0.4, -0.2) is 23.4 Å². The van der Waals surface area contributed by atoms with Crippen LogP contribution in [0.4, 0.5) is 11.4 Å². The Morgan fingerprint density at radius 3 is 2.23 bits per heavy atom. The maximum Gasteiger partial charge on any atom is 0.272 e. The molecule has 1 aromatic carbocycles. The number of hydrogen-bond donors (Lipinski definition) is 1. The fourth-order valence-electron chi connectivity index (χ4n) is 1.91. The molecular weight excluding hydrogens is 325 g/mol. The van der Waals surface area contributed by atoms with Gasteiger partial charge < -0.3 is 14.8 Å². The van der Waals surface area contributed by atoms with Gasteiger partial charge in [0.05, 0.1) is 5.02 Å². The molecular formula is C15H15Cl2N3O2. The third-order valence-electron chi connectivity index (χ3n) is 3.33. The van der Waals surface area contributed by atoms with Crippen LogP contribution in [0.1, 0.15) is 17.4 Å². The van der Waals surface area contributed by atoms with E-state index in [1.165, 1.54) is 22.5 Å². The van der Waals surface area contributed by atoms with Gasteiger partial charge >= 0.3 is 0 Å². The van der Waals surface area contributed by atoms with E-state index in [-0.39, 0.29) is 11.8 Å². The molecule has 1 aromatic heterocycles. The molecule has 116 valence electrons. The largest absolute Gasteiger partial charge is 0.329 e. The highest BCUT2D eigenvalue weighted by atomic mass is 35.5. The van der Waals surface area contributed by atoms with Gasteiger partial charge in [0.15, 0.2) is 0 Å². The van der Waals surface area contributed by atoms with Crippen molar-refractivity contribution < 1.29 is 9.59 Å². The normalized spacial score (nSPS) is 10.4. The number of rotatable bonds is 3. The first-order valence-corrected chi connectivity index (χ1v) is 7.23. The molecule has 0 saturated carbocycles. The van der Waals surface area contributed by atoms with Crippen LogP contribution in [0.5, 0.6) is 0 Å². The van der Waals surface area contributed by atoms with Gasteiger partial charge in [0, 0.05) is 32.4 Å².